The van der Waals surface area contributed by atoms with E-state index in [1.165, 1.54) is 11.3 Å². The number of nitrogens with one attached hydrogen (secondary N) is 2. The lowest BCUT2D eigenvalue weighted by Crippen LogP contribution is -2.26. The van der Waals surface area contributed by atoms with Crippen LogP contribution in [0.2, 0.25) is 0 Å². The Kier molecular flexibility index (Phi) is 4.44. The van der Waals surface area contributed by atoms with Gasteiger partial charge in [0, 0.05) is 30.5 Å². The van der Waals surface area contributed by atoms with Crippen molar-refractivity contribution in [2.24, 2.45) is 0 Å². The fraction of sp³-hybridized carbons (Fsp3) is 0.278. The monoisotopic (exact) mass is 382 g/mol. The molecule has 2 N–H and O–H groups in total. The molecule has 0 unspecified atom stereocenters. The lowest BCUT2D eigenvalue weighted by atomic mass is 10.1. The SMILES string of the molecule is Cc1ccc2[nH]c(=O)c(CNC(=O)CCc3nn4c(C)nnc4s3)cc2c1. The zero-order valence-electron chi connectivity index (χ0n) is 14.9. The summed E-state index contributed by atoms with van der Waals surface area (Å²) in [6.07, 6.45) is 0.820. The lowest BCUT2D eigenvalue weighted by Gasteiger charge is -2.06. The van der Waals surface area contributed by atoms with Crippen molar-refractivity contribution in [3.05, 3.63) is 56.6 Å². The maximum atomic E-state index is 12.2. The zero-order valence-corrected chi connectivity index (χ0v) is 15.8. The fourth-order valence-electron chi connectivity index (χ4n) is 2.86. The molecule has 0 aliphatic heterocycles. The second-order valence-corrected chi connectivity index (χ2v) is 7.47. The third-order valence-electron chi connectivity index (χ3n) is 4.31. The Bertz CT molecular complexity index is 1210. The number of H-pyrrole nitrogens is 1. The number of hydrogen-bond acceptors (Lipinski definition) is 6. The molecule has 0 aliphatic carbocycles. The number of carbonyl (C=O) groups excluding carboxylic acids is 1. The first-order valence-electron chi connectivity index (χ1n) is 8.56. The van der Waals surface area contributed by atoms with E-state index in [0.29, 0.717) is 18.4 Å². The van der Waals surface area contributed by atoms with Crippen LogP contribution in [0.5, 0.6) is 0 Å². The van der Waals surface area contributed by atoms with Crippen LogP contribution in [0, 0.1) is 13.8 Å². The van der Waals surface area contributed by atoms with Gasteiger partial charge in [0.15, 0.2) is 5.82 Å². The Morgan fingerprint density at radius 3 is 2.93 bits per heavy atom. The quantitative estimate of drug-likeness (QED) is 0.548. The second-order valence-electron chi connectivity index (χ2n) is 6.43. The minimum atomic E-state index is -0.184. The predicted molar refractivity (Wildman–Crippen MR) is 103 cm³/mol. The van der Waals surface area contributed by atoms with E-state index >= 15 is 0 Å². The molecule has 0 fully saturated rings. The summed E-state index contributed by atoms with van der Waals surface area (Å²) in [4.78, 5) is 27.9. The smallest absolute Gasteiger partial charge is 0.253 e. The van der Waals surface area contributed by atoms with Gasteiger partial charge < -0.3 is 10.3 Å². The molecule has 3 heterocycles. The van der Waals surface area contributed by atoms with Gasteiger partial charge in [-0.3, -0.25) is 9.59 Å². The van der Waals surface area contributed by atoms with Crippen LogP contribution in [0.15, 0.2) is 29.1 Å². The first-order chi connectivity index (χ1) is 13.0. The van der Waals surface area contributed by atoms with Crippen molar-refractivity contribution in [1.29, 1.82) is 0 Å². The summed E-state index contributed by atoms with van der Waals surface area (Å²) in [5.74, 6) is 0.601. The number of aryl methyl sites for hydroxylation is 3. The normalized spacial score (nSPS) is 11.3. The molecule has 0 bridgehead atoms. The number of rotatable bonds is 5. The molecule has 4 rings (SSSR count). The fourth-order valence-corrected chi connectivity index (χ4v) is 3.74. The molecule has 0 saturated heterocycles. The highest BCUT2D eigenvalue weighted by molar-refractivity contribution is 7.16. The van der Waals surface area contributed by atoms with E-state index in [4.69, 9.17) is 0 Å². The molecule has 3 aromatic heterocycles. The topological polar surface area (TPSA) is 105 Å². The number of fused-ring (bicyclic) bond motifs is 2. The molecule has 0 spiro atoms. The third-order valence-corrected chi connectivity index (χ3v) is 5.27. The van der Waals surface area contributed by atoms with E-state index in [0.717, 1.165) is 32.3 Å². The Morgan fingerprint density at radius 1 is 1.26 bits per heavy atom. The van der Waals surface area contributed by atoms with E-state index in [1.54, 1.807) is 4.52 Å². The number of benzene rings is 1. The van der Waals surface area contributed by atoms with Gasteiger partial charge in [-0.25, -0.2) is 0 Å². The number of carbonyl (C=O) groups is 1. The second kappa shape index (κ2) is 6.92. The zero-order chi connectivity index (χ0) is 19.0. The minimum absolute atomic E-state index is 0.124. The highest BCUT2D eigenvalue weighted by Crippen LogP contribution is 2.15. The lowest BCUT2D eigenvalue weighted by molar-refractivity contribution is -0.121. The van der Waals surface area contributed by atoms with E-state index in [1.807, 2.05) is 38.1 Å². The van der Waals surface area contributed by atoms with Crippen LogP contribution < -0.4 is 10.9 Å². The van der Waals surface area contributed by atoms with Crippen molar-refractivity contribution in [3.63, 3.8) is 0 Å². The summed E-state index contributed by atoms with van der Waals surface area (Å²) in [6.45, 7) is 4.03. The number of hydrogen-bond donors (Lipinski definition) is 2. The van der Waals surface area contributed by atoms with Gasteiger partial charge in [0.25, 0.3) is 5.56 Å². The molecule has 0 radical (unpaired) electrons. The number of nitrogens with zero attached hydrogens (tertiary/aromatic N) is 4. The van der Waals surface area contributed by atoms with Gasteiger partial charge in [0.1, 0.15) is 5.01 Å². The van der Waals surface area contributed by atoms with Crippen molar-refractivity contribution in [3.8, 4) is 0 Å². The first-order valence-corrected chi connectivity index (χ1v) is 9.38. The van der Waals surface area contributed by atoms with Crippen molar-refractivity contribution in [2.45, 2.75) is 33.2 Å². The predicted octanol–water partition coefficient (Wildman–Crippen LogP) is 1.89. The largest absolute Gasteiger partial charge is 0.352 e. The molecule has 0 saturated carbocycles. The molecule has 0 atom stereocenters. The molecule has 4 aromatic rings. The van der Waals surface area contributed by atoms with Crippen LogP contribution in [-0.4, -0.2) is 30.7 Å². The van der Waals surface area contributed by atoms with Crippen molar-refractivity contribution < 1.29 is 4.79 Å². The van der Waals surface area contributed by atoms with Gasteiger partial charge in [-0.1, -0.05) is 23.0 Å². The van der Waals surface area contributed by atoms with Crippen LogP contribution in [0.25, 0.3) is 15.9 Å². The number of aromatic amines is 1. The summed E-state index contributed by atoms with van der Waals surface area (Å²) in [6, 6.07) is 7.67. The van der Waals surface area contributed by atoms with E-state index in [2.05, 4.69) is 25.6 Å². The van der Waals surface area contributed by atoms with Gasteiger partial charge >= 0.3 is 0 Å². The molecule has 27 heavy (non-hydrogen) atoms. The van der Waals surface area contributed by atoms with Crippen LogP contribution >= 0.6 is 11.3 Å². The van der Waals surface area contributed by atoms with E-state index in [9.17, 15) is 9.59 Å². The van der Waals surface area contributed by atoms with Crippen LogP contribution in [0.1, 0.15) is 28.4 Å². The standard InChI is InChI=1S/C18H18N6O2S/c1-10-3-4-14-12(7-10)8-13(17(26)20-14)9-19-15(25)5-6-16-23-24-11(2)21-22-18(24)27-16/h3-4,7-8H,5-6,9H2,1-2H3,(H,19,25)(H,20,26). The first kappa shape index (κ1) is 17.3. The van der Waals surface area contributed by atoms with E-state index in [-0.39, 0.29) is 18.0 Å². The van der Waals surface area contributed by atoms with Gasteiger partial charge in [-0.2, -0.15) is 9.61 Å². The number of aromatic nitrogens is 5. The third kappa shape index (κ3) is 3.59. The Labute approximate surface area is 158 Å². The Morgan fingerprint density at radius 2 is 2.11 bits per heavy atom. The summed E-state index contributed by atoms with van der Waals surface area (Å²) in [7, 11) is 0. The summed E-state index contributed by atoms with van der Waals surface area (Å²) in [5.41, 5.74) is 2.26. The van der Waals surface area contributed by atoms with Crippen LogP contribution in [-0.2, 0) is 17.8 Å². The summed E-state index contributed by atoms with van der Waals surface area (Å²) >= 11 is 1.42. The number of amides is 1. The summed E-state index contributed by atoms with van der Waals surface area (Å²) < 4.78 is 1.68. The molecule has 8 nitrogen and oxygen atoms in total. The maximum absolute atomic E-state index is 12.2. The molecule has 9 heteroatoms. The Hall–Kier alpha value is -3.07. The number of pyridine rings is 1. The minimum Gasteiger partial charge on any atom is -0.352 e. The molecule has 1 aromatic carbocycles. The Balaban J connectivity index is 1.39. The maximum Gasteiger partial charge on any atom is 0.253 e. The van der Waals surface area contributed by atoms with E-state index < -0.39 is 0 Å². The van der Waals surface area contributed by atoms with Crippen molar-refractivity contribution in [2.75, 3.05) is 0 Å². The van der Waals surface area contributed by atoms with Gasteiger partial charge in [0.2, 0.25) is 10.9 Å². The summed E-state index contributed by atoms with van der Waals surface area (Å²) in [5, 5.41) is 16.9. The molecule has 1 amide bonds. The molecule has 138 valence electrons. The molecule has 0 aliphatic rings. The highest BCUT2D eigenvalue weighted by atomic mass is 32.1. The van der Waals surface area contributed by atoms with Gasteiger partial charge in [0.05, 0.1) is 0 Å². The van der Waals surface area contributed by atoms with Crippen LogP contribution in [0.4, 0.5) is 0 Å². The van der Waals surface area contributed by atoms with Gasteiger partial charge in [-0.05, 0) is 37.4 Å². The average Bonchev–Trinajstić information content (AvgIpc) is 3.20. The molecular formula is C18H18N6O2S. The van der Waals surface area contributed by atoms with Crippen molar-refractivity contribution >= 4 is 33.1 Å². The van der Waals surface area contributed by atoms with Crippen molar-refractivity contribution in [1.82, 2.24) is 30.1 Å². The van der Waals surface area contributed by atoms with Crippen LogP contribution in [0.3, 0.4) is 0 Å². The highest BCUT2D eigenvalue weighted by Gasteiger charge is 2.11. The van der Waals surface area contributed by atoms with Gasteiger partial charge in [-0.15, -0.1) is 10.2 Å². The molecular weight excluding hydrogens is 364 g/mol. The average molecular weight is 382 g/mol.